The Balaban J connectivity index is 1.98. The molecule has 6 heteroatoms. The number of nitrogens with zero attached hydrogens (tertiary/aromatic N) is 1. The van der Waals surface area contributed by atoms with E-state index in [0.29, 0.717) is 22.0 Å². The number of imide groups is 1. The summed E-state index contributed by atoms with van der Waals surface area (Å²) in [6.07, 6.45) is 1.76. The standard InChI is InChI=1S/C23H24ClNO3S/c1-4-5-14-25-22(26)20(16-6-10-18(11-7-16)28-15(2)3)21(23(25)27)29-19-12-8-17(24)9-13-19/h6-13,15H,4-5,14H2,1-3H3. The molecular weight excluding hydrogens is 406 g/mol. The molecule has 2 aromatic carbocycles. The molecule has 0 spiro atoms. The number of unbranched alkanes of at least 4 members (excludes halogenated alkanes) is 1. The number of carbonyl (C=O) groups excluding carboxylic acids is 2. The summed E-state index contributed by atoms with van der Waals surface area (Å²) in [5, 5.41) is 0.627. The van der Waals surface area contributed by atoms with E-state index in [1.54, 1.807) is 12.1 Å². The van der Waals surface area contributed by atoms with Gasteiger partial charge in [-0.1, -0.05) is 48.8 Å². The molecule has 0 atom stereocenters. The van der Waals surface area contributed by atoms with Crippen molar-refractivity contribution < 1.29 is 14.3 Å². The lowest BCUT2D eigenvalue weighted by molar-refractivity contribution is -0.136. The van der Waals surface area contributed by atoms with Crippen molar-refractivity contribution in [1.82, 2.24) is 4.90 Å². The van der Waals surface area contributed by atoms with Gasteiger partial charge < -0.3 is 4.74 Å². The van der Waals surface area contributed by atoms with Gasteiger partial charge in [-0.15, -0.1) is 0 Å². The molecule has 1 aliphatic heterocycles. The Labute approximate surface area is 180 Å². The van der Waals surface area contributed by atoms with Crippen molar-refractivity contribution in [2.75, 3.05) is 6.54 Å². The van der Waals surface area contributed by atoms with Crippen LogP contribution < -0.4 is 4.74 Å². The fraction of sp³-hybridized carbons (Fsp3) is 0.304. The van der Waals surface area contributed by atoms with Crippen LogP contribution in [-0.4, -0.2) is 29.4 Å². The zero-order chi connectivity index (χ0) is 21.0. The third-order valence-electron chi connectivity index (χ3n) is 4.41. The minimum atomic E-state index is -0.238. The van der Waals surface area contributed by atoms with Crippen LogP contribution in [0.2, 0.25) is 5.02 Å². The molecule has 152 valence electrons. The first-order chi connectivity index (χ1) is 13.9. The second-order valence-electron chi connectivity index (χ2n) is 7.07. The molecule has 3 rings (SSSR count). The molecule has 2 aromatic rings. The largest absolute Gasteiger partial charge is 0.491 e. The van der Waals surface area contributed by atoms with Gasteiger partial charge in [-0.25, -0.2) is 0 Å². The number of carbonyl (C=O) groups is 2. The van der Waals surface area contributed by atoms with E-state index >= 15 is 0 Å². The summed E-state index contributed by atoms with van der Waals surface area (Å²) >= 11 is 7.28. The van der Waals surface area contributed by atoms with Crippen LogP contribution in [0.25, 0.3) is 5.57 Å². The van der Waals surface area contributed by atoms with E-state index < -0.39 is 0 Å². The maximum Gasteiger partial charge on any atom is 0.268 e. The summed E-state index contributed by atoms with van der Waals surface area (Å²) < 4.78 is 5.69. The molecule has 4 nitrogen and oxygen atoms in total. The van der Waals surface area contributed by atoms with Crippen LogP contribution in [0.3, 0.4) is 0 Å². The lowest BCUT2D eigenvalue weighted by Crippen LogP contribution is -2.32. The lowest BCUT2D eigenvalue weighted by atomic mass is 10.1. The average Bonchev–Trinajstić information content (AvgIpc) is 2.92. The highest BCUT2D eigenvalue weighted by atomic mass is 35.5. The van der Waals surface area contributed by atoms with Crippen molar-refractivity contribution in [3.8, 4) is 5.75 Å². The molecule has 0 saturated heterocycles. The molecule has 0 unspecified atom stereocenters. The van der Waals surface area contributed by atoms with Crippen molar-refractivity contribution in [2.45, 2.75) is 44.6 Å². The van der Waals surface area contributed by atoms with E-state index in [4.69, 9.17) is 16.3 Å². The van der Waals surface area contributed by atoms with E-state index in [2.05, 4.69) is 0 Å². The van der Waals surface area contributed by atoms with Gasteiger partial charge in [-0.05, 0) is 62.2 Å². The van der Waals surface area contributed by atoms with E-state index in [1.165, 1.54) is 16.7 Å². The van der Waals surface area contributed by atoms with Gasteiger partial charge in [0.2, 0.25) is 0 Å². The Hall–Kier alpha value is -2.24. The minimum absolute atomic E-state index is 0.0651. The smallest absolute Gasteiger partial charge is 0.268 e. The second-order valence-corrected chi connectivity index (χ2v) is 8.59. The van der Waals surface area contributed by atoms with Gasteiger partial charge in [0.15, 0.2) is 0 Å². The summed E-state index contributed by atoms with van der Waals surface area (Å²) in [7, 11) is 0. The monoisotopic (exact) mass is 429 g/mol. The molecule has 29 heavy (non-hydrogen) atoms. The molecule has 0 N–H and O–H groups in total. The highest BCUT2D eigenvalue weighted by molar-refractivity contribution is 8.04. The van der Waals surface area contributed by atoms with Crippen molar-refractivity contribution in [3.05, 3.63) is 64.0 Å². The average molecular weight is 430 g/mol. The SMILES string of the molecule is CCCCN1C(=O)C(Sc2ccc(Cl)cc2)=C(c2ccc(OC(C)C)cc2)C1=O. The van der Waals surface area contributed by atoms with Gasteiger partial charge >= 0.3 is 0 Å². The maximum absolute atomic E-state index is 13.1. The summed E-state index contributed by atoms with van der Waals surface area (Å²) in [5.41, 5.74) is 1.16. The van der Waals surface area contributed by atoms with Crippen LogP contribution in [0.15, 0.2) is 58.3 Å². The fourth-order valence-electron chi connectivity index (χ4n) is 3.02. The van der Waals surface area contributed by atoms with E-state index in [1.807, 2.05) is 57.2 Å². The minimum Gasteiger partial charge on any atom is -0.491 e. The topological polar surface area (TPSA) is 46.6 Å². The van der Waals surface area contributed by atoms with Crippen molar-refractivity contribution in [2.24, 2.45) is 0 Å². The van der Waals surface area contributed by atoms with Gasteiger partial charge in [-0.2, -0.15) is 0 Å². The van der Waals surface area contributed by atoms with Crippen LogP contribution in [0.1, 0.15) is 39.2 Å². The van der Waals surface area contributed by atoms with E-state index in [0.717, 1.165) is 29.1 Å². The predicted molar refractivity (Wildman–Crippen MR) is 118 cm³/mol. The second kappa shape index (κ2) is 9.51. The van der Waals surface area contributed by atoms with E-state index in [-0.39, 0.29) is 17.9 Å². The summed E-state index contributed by atoms with van der Waals surface area (Å²) in [5.74, 6) is 0.259. The van der Waals surface area contributed by atoms with Crippen molar-refractivity contribution in [3.63, 3.8) is 0 Å². The highest BCUT2D eigenvalue weighted by Gasteiger charge is 2.39. The molecule has 0 radical (unpaired) electrons. The molecule has 0 aliphatic carbocycles. The van der Waals surface area contributed by atoms with Crippen LogP contribution in [0.5, 0.6) is 5.75 Å². The first-order valence-electron chi connectivity index (χ1n) is 9.71. The molecular formula is C23H24ClNO3S. The normalized spacial score (nSPS) is 14.3. The zero-order valence-corrected chi connectivity index (χ0v) is 18.3. The number of rotatable bonds is 8. The number of amides is 2. The first-order valence-corrected chi connectivity index (χ1v) is 10.9. The van der Waals surface area contributed by atoms with Crippen LogP contribution >= 0.6 is 23.4 Å². The number of benzene rings is 2. The summed E-state index contributed by atoms with van der Waals surface area (Å²) in [6, 6.07) is 14.6. The molecule has 0 saturated carbocycles. The van der Waals surface area contributed by atoms with Gasteiger partial charge in [0, 0.05) is 16.5 Å². The van der Waals surface area contributed by atoms with Gasteiger partial charge in [0.1, 0.15) is 5.75 Å². The van der Waals surface area contributed by atoms with Gasteiger partial charge in [0.05, 0.1) is 16.6 Å². The van der Waals surface area contributed by atoms with E-state index in [9.17, 15) is 9.59 Å². The predicted octanol–water partition coefficient (Wildman–Crippen LogP) is 5.80. The van der Waals surface area contributed by atoms with Crippen LogP contribution in [0.4, 0.5) is 0 Å². The third kappa shape index (κ3) is 5.03. The molecule has 2 amide bonds. The molecule has 1 heterocycles. The number of ether oxygens (including phenoxy) is 1. The molecule has 0 bridgehead atoms. The number of hydrogen-bond donors (Lipinski definition) is 0. The maximum atomic E-state index is 13.1. The molecule has 0 fully saturated rings. The first kappa shape index (κ1) is 21.5. The Bertz CT molecular complexity index is 920. The number of thioether (sulfide) groups is 1. The Morgan fingerprint density at radius 3 is 2.24 bits per heavy atom. The van der Waals surface area contributed by atoms with Gasteiger partial charge in [0.25, 0.3) is 11.8 Å². The summed E-state index contributed by atoms with van der Waals surface area (Å²) in [6.45, 7) is 6.39. The van der Waals surface area contributed by atoms with Crippen LogP contribution in [0, 0.1) is 0 Å². The Morgan fingerprint density at radius 1 is 1.00 bits per heavy atom. The number of hydrogen-bond acceptors (Lipinski definition) is 4. The zero-order valence-electron chi connectivity index (χ0n) is 16.8. The highest BCUT2D eigenvalue weighted by Crippen LogP contribution is 2.40. The van der Waals surface area contributed by atoms with Crippen molar-refractivity contribution >= 4 is 40.8 Å². The third-order valence-corrected chi connectivity index (χ3v) is 5.75. The van der Waals surface area contributed by atoms with Crippen LogP contribution in [-0.2, 0) is 9.59 Å². The summed E-state index contributed by atoms with van der Waals surface area (Å²) in [4.78, 5) is 28.9. The Morgan fingerprint density at radius 2 is 1.66 bits per heavy atom. The fourth-order valence-corrected chi connectivity index (χ4v) is 4.15. The lowest BCUT2D eigenvalue weighted by Gasteiger charge is -2.14. The van der Waals surface area contributed by atoms with Crippen molar-refractivity contribution in [1.29, 1.82) is 0 Å². The Kier molecular flexibility index (Phi) is 7.04. The van der Waals surface area contributed by atoms with Gasteiger partial charge in [-0.3, -0.25) is 14.5 Å². The molecule has 1 aliphatic rings. The molecule has 0 aromatic heterocycles. The quantitative estimate of drug-likeness (QED) is 0.497. The number of halogens is 1.